The van der Waals surface area contributed by atoms with Crippen LogP contribution in [-0.2, 0) is 11.2 Å². The third kappa shape index (κ3) is 5.45. The first-order chi connectivity index (χ1) is 13.2. The standard InChI is InChI=1S/C20H18ClN3O2S/c1-2-11-26-17-6-4-3-5-15(17)13-22-24-20-23-19(25)18(27-20)12-14-7-9-16(21)10-8-14/h2-10,13,18H,1,11-12H2,(H,23,24,25)/b22-13+. The maximum Gasteiger partial charge on any atom is 0.239 e. The Morgan fingerprint density at radius 1 is 1.22 bits per heavy atom. The minimum absolute atomic E-state index is 0.0707. The van der Waals surface area contributed by atoms with Crippen LogP contribution in [-0.4, -0.2) is 29.1 Å². The molecule has 2 aromatic carbocycles. The lowest BCUT2D eigenvalue weighted by Crippen LogP contribution is -2.25. The summed E-state index contributed by atoms with van der Waals surface area (Å²) in [6, 6.07) is 15.0. The highest BCUT2D eigenvalue weighted by Gasteiger charge is 2.30. The average Bonchev–Trinajstić information content (AvgIpc) is 3.02. The molecule has 1 heterocycles. The topological polar surface area (TPSA) is 63.1 Å². The van der Waals surface area contributed by atoms with Crippen molar-refractivity contribution in [2.75, 3.05) is 6.61 Å². The summed E-state index contributed by atoms with van der Waals surface area (Å²) in [6.45, 7) is 4.05. The van der Waals surface area contributed by atoms with Gasteiger partial charge >= 0.3 is 0 Å². The molecule has 0 saturated carbocycles. The maximum atomic E-state index is 12.1. The summed E-state index contributed by atoms with van der Waals surface area (Å²) < 4.78 is 5.58. The fourth-order valence-electron chi connectivity index (χ4n) is 2.43. The van der Waals surface area contributed by atoms with Gasteiger partial charge in [-0.2, -0.15) is 5.10 Å². The van der Waals surface area contributed by atoms with Gasteiger partial charge in [-0.15, -0.1) is 5.10 Å². The minimum atomic E-state index is -0.233. The van der Waals surface area contributed by atoms with E-state index >= 15 is 0 Å². The largest absolute Gasteiger partial charge is 0.489 e. The lowest BCUT2D eigenvalue weighted by Gasteiger charge is -2.05. The summed E-state index contributed by atoms with van der Waals surface area (Å²) in [5.74, 6) is 0.628. The Morgan fingerprint density at radius 3 is 2.78 bits per heavy atom. The van der Waals surface area contributed by atoms with Crippen molar-refractivity contribution in [3.05, 3.63) is 77.3 Å². The van der Waals surface area contributed by atoms with Crippen LogP contribution in [0.2, 0.25) is 5.02 Å². The molecular formula is C20H18ClN3O2S. The smallest absolute Gasteiger partial charge is 0.239 e. The zero-order valence-corrected chi connectivity index (χ0v) is 16.0. The SMILES string of the molecule is C=CCOc1ccccc1/C=N/N=C1\NC(=O)C(Cc2ccc(Cl)cc2)S1. The van der Waals surface area contributed by atoms with Gasteiger partial charge in [0, 0.05) is 10.6 Å². The van der Waals surface area contributed by atoms with Gasteiger partial charge in [-0.25, -0.2) is 0 Å². The van der Waals surface area contributed by atoms with Crippen LogP contribution in [0.1, 0.15) is 11.1 Å². The summed E-state index contributed by atoms with van der Waals surface area (Å²) in [5, 5.41) is 11.9. The second-order valence-corrected chi connectivity index (χ2v) is 7.34. The van der Waals surface area contributed by atoms with Gasteiger partial charge in [-0.1, -0.05) is 60.3 Å². The second-order valence-electron chi connectivity index (χ2n) is 5.71. The van der Waals surface area contributed by atoms with Crippen molar-refractivity contribution < 1.29 is 9.53 Å². The number of carbonyl (C=O) groups excluding carboxylic acids is 1. The Balaban J connectivity index is 1.63. The number of rotatable bonds is 7. The number of nitrogens with zero attached hydrogens (tertiary/aromatic N) is 2. The summed E-state index contributed by atoms with van der Waals surface area (Å²) >= 11 is 7.26. The molecule has 7 heteroatoms. The number of para-hydroxylation sites is 1. The molecule has 1 atom stereocenters. The molecule has 1 N–H and O–H groups in total. The minimum Gasteiger partial charge on any atom is -0.489 e. The number of amides is 1. The van der Waals surface area contributed by atoms with Gasteiger partial charge in [-0.3, -0.25) is 4.79 Å². The fraction of sp³-hybridized carbons (Fsp3) is 0.150. The predicted molar refractivity (Wildman–Crippen MR) is 112 cm³/mol. The molecular weight excluding hydrogens is 382 g/mol. The van der Waals surface area contributed by atoms with E-state index in [9.17, 15) is 4.79 Å². The first kappa shape index (κ1) is 19.2. The van der Waals surface area contributed by atoms with Crippen LogP contribution < -0.4 is 10.1 Å². The third-order valence-corrected chi connectivity index (χ3v) is 5.06. The maximum absolute atomic E-state index is 12.1. The summed E-state index contributed by atoms with van der Waals surface area (Å²) in [5.41, 5.74) is 1.85. The van der Waals surface area contributed by atoms with E-state index in [1.165, 1.54) is 11.8 Å². The molecule has 0 aliphatic carbocycles. The van der Waals surface area contributed by atoms with Gasteiger partial charge in [0.25, 0.3) is 0 Å². The molecule has 27 heavy (non-hydrogen) atoms. The van der Waals surface area contributed by atoms with E-state index in [-0.39, 0.29) is 11.2 Å². The number of thioether (sulfide) groups is 1. The highest BCUT2D eigenvalue weighted by atomic mass is 35.5. The number of benzene rings is 2. The molecule has 1 aliphatic rings. The summed E-state index contributed by atoms with van der Waals surface area (Å²) in [4.78, 5) is 12.1. The molecule has 3 rings (SSSR count). The van der Waals surface area contributed by atoms with E-state index in [0.717, 1.165) is 11.1 Å². The van der Waals surface area contributed by atoms with Gasteiger partial charge < -0.3 is 10.1 Å². The fourth-order valence-corrected chi connectivity index (χ4v) is 3.52. The Morgan fingerprint density at radius 2 is 2.00 bits per heavy atom. The molecule has 1 saturated heterocycles. The zero-order valence-electron chi connectivity index (χ0n) is 14.5. The van der Waals surface area contributed by atoms with Crippen molar-refractivity contribution in [1.82, 2.24) is 5.32 Å². The number of hydrogen-bond donors (Lipinski definition) is 1. The van der Waals surface area contributed by atoms with Crippen LogP contribution in [0.15, 0.2) is 71.4 Å². The van der Waals surface area contributed by atoms with Gasteiger partial charge in [0.15, 0.2) is 5.17 Å². The van der Waals surface area contributed by atoms with Crippen LogP contribution in [0.25, 0.3) is 0 Å². The van der Waals surface area contributed by atoms with E-state index < -0.39 is 0 Å². The van der Waals surface area contributed by atoms with E-state index in [1.54, 1.807) is 12.3 Å². The molecule has 5 nitrogen and oxygen atoms in total. The van der Waals surface area contributed by atoms with Gasteiger partial charge in [0.2, 0.25) is 5.91 Å². The normalized spacial score (nSPS) is 18.0. The molecule has 0 radical (unpaired) electrons. The molecule has 1 aliphatic heterocycles. The van der Waals surface area contributed by atoms with Gasteiger partial charge in [-0.05, 0) is 36.2 Å². The first-order valence-corrected chi connectivity index (χ1v) is 9.57. The van der Waals surface area contributed by atoms with Crippen LogP contribution >= 0.6 is 23.4 Å². The molecule has 2 aromatic rings. The molecule has 1 amide bonds. The van der Waals surface area contributed by atoms with Crippen molar-refractivity contribution >= 4 is 40.7 Å². The van der Waals surface area contributed by atoms with Crippen LogP contribution in [0, 0.1) is 0 Å². The lowest BCUT2D eigenvalue weighted by molar-refractivity contribution is -0.118. The summed E-state index contributed by atoms with van der Waals surface area (Å²) in [7, 11) is 0. The van der Waals surface area contributed by atoms with E-state index in [2.05, 4.69) is 22.1 Å². The van der Waals surface area contributed by atoms with E-state index in [0.29, 0.717) is 29.0 Å². The van der Waals surface area contributed by atoms with E-state index in [4.69, 9.17) is 16.3 Å². The van der Waals surface area contributed by atoms with E-state index in [1.807, 2.05) is 48.5 Å². The summed E-state index contributed by atoms with van der Waals surface area (Å²) in [6.07, 6.45) is 3.89. The van der Waals surface area contributed by atoms with Crippen LogP contribution in [0.4, 0.5) is 0 Å². The average molecular weight is 400 g/mol. The number of amidine groups is 1. The second kappa shape index (κ2) is 9.39. The molecule has 0 aromatic heterocycles. The predicted octanol–water partition coefficient (Wildman–Crippen LogP) is 4.07. The monoisotopic (exact) mass is 399 g/mol. The Labute approximate surface area is 167 Å². The van der Waals surface area contributed by atoms with Crippen molar-refractivity contribution in [1.29, 1.82) is 0 Å². The third-order valence-electron chi connectivity index (χ3n) is 3.73. The quantitative estimate of drug-likeness (QED) is 0.433. The zero-order chi connectivity index (χ0) is 19.1. The number of ether oxygens (including phenoxy) is 1. The van der Waals surface area contributed by atoms with Gasteiger partial charge in [0.1, 0.15) is 12.4 Å². The number of hydrogen-bond acceptors (Lipinski definition) is 5. The van der Waals surface area contributed by atoms with Gasteiger partial charge in [0.05, 0.1) is 11.5 Å². The molecule has 1 fully saturated rings. The highest BCUT2D eigenvalue weighted by molar-refractivity contribution is 8.15. The number of nitrogens with one attached hydrogen (secondary N) is 1. The van der Waals surface area contributed by atoms with Crippen LogP contribution in [0.5, 0.6) is 5.75 Å². The molecule has 138 valence electrons. The number of carbonyl (C=O) groups is 1. The van der Waals surface area contributed by atoms with Crippen LogP contribution in [0.3, 0.4) is 0 Å². The molecule has 0 spiro atoms. The van der Waals surface area contributed by atoms with Crippen molar-refractivity contribution in [3.63, 3.8) is 0 Å². The Hall–Kier alpha value is -2.57. The lowest BCUT2D eigenvalue weighted by atomic mass is 10.1. The molecule has 0 bridgehead atoms. The van der Waals surface area contributed by atoms with Crippen molar-refractivity contribution in [2.45, 2.75) is 11.7 Å². The highest BCUT2D eigenvalue weighted by Crippen LogP contribution is 2.24. The molecule has 1 unspecified atom stereocenters. The Kier molecular flexibility index (Phi) is 6.68. The van der Waals surface area contributed by atoms with Crippen molar-refractivity contribution in [3.8, 4) is 5.75 Å². The number of halogens is 1. The first-order valence-electron chi connectivity index (χ1n) is 8.31. The van der Waals surface area contributed by atoms with Crippen molar-refractivity contribution in [2.24, 2.45) is 10.2 Å². The Bertz CT molecular complexity index is 881.